The van der Waals surface area contributed by atoms with Gasteiger partial charge in [-0.2, -0.15) is 0 Å². The van der Waals surface area contributed by atoms with Crippen LogP contribution in [-0.4, -0.2) is 70.0 Å². The van der Waals surface area contributed by atoms with Crippen molar-refractivity contribution in [1.29, 1.82) is 0 Å². The van der Waals surface area contributed by atoms with E-state index in [4.69, 9.17) is 4.74 Å². The molecule has 0 bridgehead atoms. The van der Waals surface area contributed by atoms with E-state index >= 15 is 4.39 Å². The van der Waals surface area contributed by atoms with Crippen molar-refractivity contribution in [3.05, 3.63) is 90.5 Å². The van der Waals surface area contributed by atoms with E-state index in [-0.39, 0.29) is 18.7 Å². The molecule has 9 nitrogen and oxygen atoms in total. The van der Waals surface area contributed by atoms with Crippen LogP contribution in [0.5, 0.6) is 11.5 Å². The first-order valence-electron chi connectivity index (χ1n) is 13.6. The number of carbonyl (C=O) groups excluding carboxylic acids is 2. The molecule has 0 aliphatic carbocycles. The van der Waals surface area contributed by atoms with Crippen molar-refractivity contribution in [3.63, 3.8) is 0 Å². The van der Waals surface area contributed by atoms with Crippen molar-refractivity contribution < 1.29 is 23.1 Å². The normalized spacial score (nSPS) is 13.5. The monoisotopic (exact) mass is 602 g/mol. The zero-order valence-electron chi connectivity index (χ0n) is 23.5. The van der Waals surface area contributed by atoms with Crippen molar-refractivity contribution >= 4 is 39.2 Å². The van der Waals surface area contributed by atoms with Gasteiger partial charge in [0.2, 0.25) is 5.91 Å². The van der Waals surface area contributed by atoms with Gasteiger partial charge in [-0.3, -0.25) is 19.6 Å². The van der Waals surface area contributed by atoms with Gasteiger partial charge in [0.1, 0.15) is 11.6 Å². The van der Waals surface area contributed by atoms with Gasteiger partial charge in [0, 0.05) is 50.3 Å². The Hall–Kier alpha value is -4.68. The van der Waals surface area contributed by atoms with E-state index in [0.717, 1.165) is 33.3 Å². The molecule has 0 N–H and O–H groups in total. The van der Waals surface area contributed by atoms with Crippen molar-refractivity contribution in [3.8, 4) is 22.1 Å². The highest BCUT2D eigenvalue weighted by Crippen LogP contribution is 2.39. The summed E-state index contributed by atoms with van der Waals surface area (Å²) >= 11 is 1.46. The van der Waals surface area contributed by atoms with Crippen molar-refractivity contribution in [1.82, 2.24) is 24.3 Å². The average molecular weight is 603 g/mol. The number of likely N-dealkylation sites (N-methyl/N-ethyl adjacent to an activating group) is 1. The molecular formula is C31H28F2N6O3S. The maximum atomic E-state index is 15.2. The summed E-state index contributed by atoms with van der Waals surface area (Å²) < 4.78 is 37.2. The number of thiophene rings is 1. The molecule has 12 heteroatoms. The molecule has 1 saturated heterocycles. The first-order valence-corrected chi connectivity index (χ1v) is 14.5. The van der Waals surface area contributed by atoms with Gasteiger partial charge in [0.25, 0.3) is 0 Å². The van der Waals surface area contributed by atoms with Gasteiger partial charge in [-0.15, -0.1) is 11.3 Å². The number of hydrogen-bond donors (Lipinski definition) is 0. The van der Waals surface area contributed by atoms with Crippen LogP contribution in [0.25, 0.3) is 20.8 Å². The second-order valence-electron chi connectivity index (χ2n) is 10.4. The fourth-order valence-corrected chi connectivity index (χ4v) is 5.83. The quantitative estimate of drug-likeness (QED) is 0.212. The third-order valence-corrected chi connectivity index (χ3v) is 8.25. The Labute approximate surface area is 250 Å². The summed E-state index contributed by atoms with van der Waals surface area (Å²) in [5, 5.41) is 0. The van der Waals surface area contributed by atoms with Crippen LogP contribution in [0.1, 0.15) is 5.56 Å². The summed E-state index contributed by atoms with van der Waals surface area (Å²) in [6, 6.07) is 12.9. The SMILES string of the molecule is CN(C)CCn1cnc(-c2cc3nccc(Oc4ccc(CC(=O)N5CCN(c6ccc(F)cc6)C5=O)cc4F)c3s2)c1. The van der Waals surface area contributed by atoms with Gasteiger partial charge in [0.15, 0.2) is 11.6 Å². The first kappa shape index (κ1) is 28.4. The number of pyridine rings is 1. The molecule has 1 aliphatic heterocycles. The number of amides is 3. The summed E-state index contributed by atoms with van der Waals surface area (Å²) in [6.45, 7) is 2.20. The third-order valence-electron chi connectivity index (χ3n) is 7.09. The Morgan fingerprint density at radius 2 is 1.84 bits per heavy atom. The van der Waals surface area contributed by atoms with Crippen LogP contribution in [-0.2, 0) is 17.8 Å². The molecule has 6 rings (SSSR count). The van der Waals surface area contributed by atoms with Crippen LogP contribution in [0.4, 0.5) is 19.3 Å². The standard InChI is InChI=1S/C31H28F2N6O3S/c1-36(2)11-12-37-18-25(35-19-37)28-17-24-30(43-28)27(9-10-34-24)42-26-8-3-20(15-23(26)33)16-29(40)39-14-13-38(31(39)41)22-6-4-21(32)5-7-22/h3-10,15,17-19H,11-14,16H2,1-2H3. The fraction of sp³-hybridized carbons (Fsp3) is 0.226. The van der Waals surface area contributed by atoms with Crippen LogP contribution in [0, 0.1) is 11.6 Å². The molecule has 3 aromatic heterocycles. The van der Waals surface area contributed by atoms with Crippen molar-refractivity contribution in [2.24, 2.45) is 0 Å². The number of fused-ring (bicyclic) bond motifs is 1. The molecule has 2 aromatic carbocycles. The van der Waals surface area contributed by atoms with Gasteiger partial charge in [-0.25, -0.2) is 18.6 Å². The molecule has 0 atom stereocenters. The van der Waals surface area contributed by atoms with Gasteiger partial charge >= 0.3 is 6.03 Å². The molecule has 43 heavy (non-hydrogen) atoms. The van der Waals surface area contributed by atoms with Crippen LogP contribution >= 0.6 is 11.3 Å². The van der Waals surface area contributed by atoms with Crippen LogP contribution in [0.3, 0.4) is 0 Å². The van der Waals surface area contributed by atoms with Gasteiger partial charge in [0.05, 0.1) is 33.5 Å². The Bertz CT molecular complexity index is 1800. The van der Waals surface area contributed by atoms with Crippen molar-refractivity contribution in [2.75, 3.05) is 38.6 Å². The van der Waals surface area contributed by atoms with Gasteiger partial charge < -0.3 is 14.2 Å². The molecule has 1 aliphatic rings. The predicted molar refractivity (Wildman–Crippen MR) is 160 cm³/mol. The van der Waals surface area contributed by atoms with E-state index in [1.54, 1.807) is 24.7 Å². The lowest BCUT2D eigenvalue weighted by Gasteiger charge is -2.17. The lowest BCUT2D eigenvalue weighted by molar-refractivity contribution is -0.126. The lowest BCUT2D eigenvalue weighted by atomic mass is 10.1. The molecule has 0 radical (unpaired) electrons. The van der Waals surface area contributed by atoms with Crippen molar-refractivity contribution in [2.45, 2.75) is 13.0 Å². The molecule has 3 amide bonds. The minimum absolute atomic E-state index is 0.00588. The highest BCUT2D eigenvalue weighted by molar-refractivity contribution is 7.22. The highest BCUT2D eigenvalue weighted by atomic mass is 32.1. The summed E-state index contributed by atoms with van der Waals surface area (Å²) in [5.74, 6) is -1.03. The zero-order valence-corrected chi connectivity index (χ0v) is 24.4. The van der Waals surface area contributed by atoms with Crippen LogP contribution < -0.4 is 9.64 Å². The largest absolute Gasteiger partial charge is 0.453 e. The molecule has 220 valence electrons. The van der Waals surface area contributed by atoms with E-state index in [9.17, 15) is 14.0 Å². The summed E-state index contributed by atoms with van der Waals surface area (Å²) in [7, 11) is 4.05. The maximum Gasteiger partial charge on any atom is 0.331 e. The number of hydrogen-bond acceptors (Lipinski definition) is 7. The average Bonchev–Trinajstić information content (AvgIpc) is 3.72. The Kier molecular flexibility index (Phi) is 7.87. The van der Waals surface area contributed by atoms with E-state index in [1.165, 1.54) is 52.6 Å². The van der Waals surface area contributed by atoms with E-state index in [1.807, 2.05) is 30.9 Å². The zero-order chi connectivity index (χ0) is 30.1. The number of carbonyl (C=O) groups is 2. The minimum atomic E-state index is -0.632. The molecule has 5 aromatic rings. The smallest absolute Gasteiger partial charge is 0.331 e. The van der Waals surface area contributed by atoms with Gasteiger partial charge in [-0.1, -0.05) is 6.07 Å². The molecule has 0 unspecified atom stereocenters. The summed E-state index contributed by atoms with van der Waals surface area (Å²) in [6.07, 6.45) is 5.24. The predicted octanol–water partition coefficient (Wildman–Crippen LogP) is 5.80. The number of anilines is 1. The number of nitrogens with zero attached hydrogens (tertiary/aromatic N) is 6. The second-order valence-corrected chi connectivity index (χ2v) is 11.5. The molecule has 0 saturated carbocycles. The number of ether oxygens (including phenoxy) is 1. The molecular weight excluding hydrogens is 574 g/mol. The number of benzene rings is 2. The molecule has 4 heterocycles. The van der Waals surface area contributed by atoms with E-state index < -0.39 is 23.6 Å². The topological polar surface area (TPSA) is 83.8 Å². The number of imide groups is 1. The number of aromatic nitrogens is 3. The Morgan fingerprint density at radius 3 is 2.60 bits per heavy atom. The van der Waals surface area contributed by atoms with E-state index in [0.29, 0.717) is 29.1 Å². The number of urea groups is 1. The Morgan fingerprint density at radius 1 is 1.02 bits per heavy atom. The summed E-state index contributed by atoms with van der Waals surface area (Å²) in [4.78, 5) is 40.3. The van der Waals surface area contributed by atoms with E-state index in [2.05, 4.69) is 14.9 Å². The van der Waals surface area contributed by atoms with Crippen LogP contribution in [0.15, 0.2) is 73.3 Å². The second kappa shape index (κ2) is 11.9. The maximum absolute atomic E-state index is 15.2. The fourth-order valence-electron chi connectivity index (χ4n) is 4.80. The Balaban J connectivity index is 1.14. The summed E-state index contributed by atoms with van der Waals surface area (Å²) in [5.41, 5.74) is 2.45. The minimum Gasteiger partial charge on any atom is -0.453 e. The number of rotatable bonds is 9. The molecule has 1 fully saturated rings. The third kappa shape index (κ3) is 6.11. The number of imidazole rings is 1. The first-order chi connectivity index (χ1) is 20.7. The molecule has 0 spiro atoms. The van der Waals surface area contributed by atoms with Gasteiger partial charge in [-0.05, 0) is 62.1 Å². The highest BCUT2D eigenvalue weighted by Gasteiger charge is 2.34. The number of halogens is 2. The van der Waals surface area contributed by atoms with Crippen LogP contribution in [0.2, 0.25) is 0 Å². The lowest BCUT2D eigenvalue weighted by Crippen LogP contribution is -2.37.